The van der Waals surface area contributed by atoms with Gasteiger partial charge in [-0.1, -0.05) is 91.0 Å². The van der Waals surface area contributed by atoms with Crippen molar-refractivity contribution in [3.05, 3.63) is 152 Å². The van der Waals surface area contributed by atoms with Crippen molar-refractivity contribution in [3.8, 4) is 28.7 Å². The third-order valence-corrected chi connectivity index (χ3v) is 5.70. The Labute approximate surface area is 216 Å². The number of rotatable bonds is 6. The number of hydrogen-bond acceptors (Lipinski definition) is 6. The molecule has 6 nitrogen and oxygen atoms in total. The highest BCUT2D eigenvalue weighted by Crippen LogP contribution is 2.49. The largest absolute Gasteiger partial charge is 0.647 e. The van der Waals surface area contributed by atoms with E-state index >= 15 is 0 Å². The van der Waals surface area contributed by atoms with Gasteiger partial charge in [0.2, 0.25) is 0 Å². The molecule has 0 amide bonds. The molecule has 37 heavy (non-hydrogen) atoms. The normalized spacial score (nSPS) is 9.95. The molecular weight excluding hydrogens is 487 g/mol. The number of phenolic OH excluding ortho intramolecular Hbond substituents is 2. The van der Waals surface area contributed by atoms with Crippen LogP contribution in [0.3, 0.4) is 0 Å². The topological polar surface area (TPSA) is 85.2 Å². The number of phenols is 2. The lowest BCUT2D eigenvalue weighted by atomic mass is 10.3. The first-order valence-corrected chi connectivity index (χ1v) is 12.8. The van der Waals surface area contributed by atoms with Crippen LogP contribution >= 0.6 is 7.82 Å². The Morgan fingerprint density at radius 1 is 0.378 bits per heavy atom. The van der Waals surface area contributed by atoms with Crippen LogP contribution in [-0.2, 0) is 4.57 Å². The van der Waals surface area contributed by atoms with E-state index < -0.39 is 7.82 Å². The molecule has 0 heterocycles. The molecular formula is C30H27O6P. The lowest BCUT2D eigenvalue weighted by molar-refractivity contribution is 0.298. The van der Waals surface area contributed by atoms with Crippen molar-refractivity contribution in [3.63, 3.8) is 0 Å². The first-order valence-electron chi connectivity index (χ1n) is 11.3. The number of hydrogen-bond donors (Lipinski definition) is 2. The zero-order chi connectivity index (χ0) is 26.2. The molecule has 7 heteroatoms. The standard InChI is InChI=1S/C18H15O4P.2C6H6O/c19-23(20-16-10-4-1-5-11-16,21-17-12-6-2-7-13-17)22-18-14-8-3-9-15-18;2*7-6-4-2-1-3-5-6/h1-15H;2*1-5,7H. The Kier molecular flexibility index (Phi) is 10.7. The molecule has 0 spiro atoms. The van der Waals surface area contributed by atoms with Crippen LogP contribution in [0.25, 0.3) is 0 Å². The van der Waals surface area contributed by atoms with E-state index in [0.29, 0.717) is 28.7 Å². The number of phosphoric acid groups is 1. The average Bonchev–Trinajstić information content (AvgIpc) is 2.92. The van der Waals surface area contributed by atoms with Gasteiger partial charge in [0, 0.05) is 0 Å². The minimum absolute atomic E-state index is 0.322. The van der Waals surface area contributed by atoms with Crippen LogP contribution in [0.2, 0.25) is 0 Å². The molecule has 5 rings (SSSR count). The summed E-state index contributed by atoms with van der Waals surface area (Å²) in [5, 5.41) is 17.3. The molecule has 5 aromatic rings. The summed E-state index contributed by atoms with van der Waals surface area (Å²) >= 11 is 0. The van der Waals surface area contributed by atoms with E-state index in [2.05, 4.69) is 0 Å². The van der Waals surface area contributed by atoms with Crippen molar-refractivity contribution >= 4 is 7.82 Å². The van der Waals surface area contributed by atoms with Gasteiger partial charge in [-0.3, -0.25) is 0 Å². The number of para-hydroxylation sites is 5. The molecule has 0 aliphatic carbocycles. The quantitative estimate of drug-likeness (QED) is 0.223. The Morgan fingerprint density at radius 3 is 0.784 bits per heavy atom. The van der Waals surface area contributed by atoms with Crippen LogP contribution in [0.5, 0.6) is 28.7 Å². The van der Waals surface area contributed by atoms with E-state index in [9.17, 15) is 4.57 Å². The van der Waals surface area contributed by atoms with E-state index in [1.165, 1.54) is 0 Å². The van der Waals surface area contributed by atoms with Gasteiger partial charge in [0.1, 0.15) is 28.7 Å². The fraction of sp³-hybridized carbons (Fsp3) is 0. The Morgan fingerprint density at radius 2 is 0.595 bits per heavy atom. The summed E-state index contributed by atoms with van der Waals surface area (Å²) in [7, 11) is -3.89. The van der Waals surface area contributed by atoms with Crippen molar-refractivity contribution in [1.29, 1.82) is 0 Å². The molecule has 0 saturated carbocycles. The fourth-order valence-electron chi connectivity index (χ4n) is 2.74. The van der Waals surface area contributed by atoms with E-state index in [0.717, 1.165) is 0 Å². The second kappa shape index (κ2) is 14.7. The minimum atomic E-state index is -3.89. The van der Waals surface area contributed by atoms with Crippen molar-refractivity contribution < 1.29 is 28.3 Å². The highest BCUT2D eigenvalue weighted by molar-refractivity contribution is 7.49. The SMILES string of the molecule is O=P(Oc1ccccc1)(Oc1ccccc1)Oc1ccccc1.Oc1ccccc1.Oc1ccccc1. The van der Waals surface area contributed by atoms with Gasteiger partial charge in [0.25, 0.3) is 0 Å². The minimum Gasteiger partial charge on any atom is -0.508 e. The zero-order valence-corrected chi connectivity index (χ0v) is 20.8. The maximum atomic E-state index is 13.1. The highest BCUT2D eigenvalue weighted by Gasteiger charge is 2.33. The maximum Gasteiger partial charge on any atom is 0.647 e. The summed E-state index contributed by atoms with van der Waals surface area (Å²) < 4.78 is 29.6. The predicted molar refractivity (Wildman–Crippen MR) is 145 cm³/mol. The smallest absolute Gasteiger partial charge is 0.508 e. The van der Waals surface area contributed by atoms with Gasteiger partial charge in [-0.2, -0.15) is 4.57 Å². The fourth-order valence-corrected chi connectivity index (χ4v) is 3.99. The second-order valence-electron chi connectivity index (χ2n) is 7.33. The van der Waals surface area contributed by atoms with Gasteiger partial charge in [-0.25, -0.2) is 0 Å². The Balaban J connectivity index is 0.000000220. The predicted octanol–water partition coefficient (Wildman–Crippen LogP) is 8.12. The third kappa shape index (κ3) is 10.6. The summed E-state index contributed by atoms with van der Waals surface area (Å²) in [6.07, 6.45) is 0. The summed E-state index contributed by atoms with van der Waals surface area (Å²) in [5.74, 6) is 1.86. The molecule has 0 atom stereocenters. The van der Waals surface area contributed by atoms with Gasteiger partial charge in [0.05, 0.1) is 0 Å². The molecule has 0 aromatic heterocycles. The molecule has 0 unspecified atom stereocenters. The monoisotopic (exact) mass is 514 g/mol. The summed E-state index contributed by atoms with van der Waals surface area (Å²) in [4.78, 5) is 0. The van der Waals surface area contributed by atoms with Crippen LogP contribution in [0.15, 0.2) is 152 Å². The molecule has 0 saturated heterocycles. The summed E-state index contributed by atoms with van der Waals surface area (Å²) in [5.41, 5.74) is 0. The van der Waals surface area contributed by atoms with Gasteiger partial charge in [-0.15, -0.1) is 0 Å². The highest BCUT2D eigenvalue weighted by atomic mass is 31.2. The van der Waals surface area contributed by atoms with E-state index in [1.807, 2.05) is 30.3 Å². The number of benzene rings is 5. The van der Waals surface area contributed by atoms with Gasteiger partial charge < -0.3 is 23.8 Å². The average molecular weight is 515 g/mol. The van der Waals surface area contributed by atoms with Gasteiger partial charge in [-0.05, 0) is 60.7 Å². The van der Waals surface area contributed by atoms with Gasteiger partial charge >= 0.3 is 7.82 Å². The molecule has 2 N–H and O–H groups in total. The van der Waals surface area contributed by atoms with Crippen LogP contribution in [0.4, 0.5) is 0 Å². The van der Waals surface area contributed by atoms with Crippen LogP contribution in [0, 0.1) is 0 Å². The van der Waals surface area contributed by atoms with Crippen LogP contribution in [-0.4, -0.2) is 10.2 Å². The molecule has 0 aliphatic rings. The first kappa shape index (κ1) is 26.9. The zero-order valence-electron chi connectivity index (χ0n) is 19.9. The maximum absolute atomic E-state index is 13.1. The van der Waals surface area contributed by atoms with Crippen molar-refractivity contribution in [2.75, 3.05) is 0 Å². The molecule has 0 bridgehead atoms. The first-order chi connectivity index (χ1) is 18.0. The second-order valence-corrected chi connectivity index (χ2v) is 8.77. The molecule has 0 radical (unpaired) electrons. The summed E-state index contributed by atoms with van der Waals surface area (Å²) in [6, 6.07) is 43.8. The van der Waals surface area contributed by atoms with Crippen molar-refractivity contribution in [1.82, 2.24) is 0 Å². The number of phosphoric ester groups is 1. The lowest BCUT2D eigenvalue weighted by Gasteiger charge is -2.19. The third-order valence-electron chi connectivity index (χ3n) is 4.39. The molecule has 0 fully saturated rings. The van der Waals surface area contributed by atoms with E-state index in [4.69, 9.17) is 23.8 Å². The molecule has 5 aromatic carbocycles. The molecule has 0 aliphatic heterocycles. The number of aromatic hydroxyl groups is 2. The Hall–Kier alpha value is -4.67. The van der Waals surface area contributed by atoms with E-state index in [-0.39, 0.29) is 0 Å². The van der Waals surface area contributed by atoms with Crippen molar-refractivity contribution in [2.45, 2.75) is 0 Å². The van der Waals surface area contributed by atoms with E-state index in [1.54, 1.807) is 121 Å². The summed E-state index contributed by atoms with van der Waals surface area (Å²) in [6.45, 7) is 0. The van der Waals surface area contributed by atoms with Crippen LogP contribution in [0.1, 0.15) is 0 Å². The Bertz CT molecular complexity index is 1170. The van der Waals surface area contributed by atoms with Crippen molar-refractivity contribution in [2.24, 2.45) is 0 Å². The van der Waals surface area contributed by atoms with Gasteiger partial charge in [0.15, 0.2) is 0 Å². The van der Waals surface area contributed by atoms with Crippen LogP contribution < -0.4 is 13.6 Å². The lowest BCUT2D eigenvalue weighted by Crippen LogP contribution is -2.07. The molecule has 188 valence electrons.